The van der Waals surface area contributed by atoms with E-state index in [1.54, 1.807) is 22.0 Å². The maximum atomic E-state index is 14.0. The number of carbonyl (C=O) groups is 2. The Morgan fingerprint density at radius 2 is 0.958 bits per heavy atom. The second-order valence-electron chi connectivity index (χ2n) is 19.3. The highest BCUT2D eigenvalue weighted by atomic mass is 16.5. The summed E-state index contributed by atoms with van der Waals surface area (Å²) in [7, 11) is 0. The van der Waals surface area contributed by atoms with E-state index in [4.69, 9.17) is 14.2 Å². The van der Waals surface area contributed by atoms with Crippen LogP contribution in [0.1, 0.15) is 73.7 Å². The Kier molecular flexibility index (Phi) is 11.3. The average Bonchev–Trinajstić information content (AvgIpc) is 4.34. The van der Waals surface area contributed by atoms with Gasteiger partial charge in [-0.3, -0.25) is 38.5 Å². The van der Waals surface area contributed by atoms with E-state index in [1.807, 2.05) is 136 Å². The van der Waals surface area contributed by atoms with Crippen LogP contribution < -0.4 is 35.1 Å². The zero-order valence-electron chi connectivity index (χ0n) is 38.9. The first-order chi connectivity index (χ1) is 34.8. The number of rotatable bonds is 5. The van der Waals surface area contributed by atoms with Crippen LogP contribution in [-0.4, -0.2) is 75.7 Å². The Morgan fingerprint density at radius 1 is 0.507 bits per heavy atom. The molecule has 4 aliphatic heterocycles. The van der Waals surface area contributed by atoms with Crippen LogP contribution >= 0.6 is 0 Å². The minimum atomic E-state index is -0.556. The van der Waals surface area contributed by atoms with Gasteiger partial charge in [0.25, 0.3) is 11.8 Å². The SMILES string of the molecule is O=C1c2c(O)c(=O)ccn2N2CN1C[C@@H]1C[C@H]1COc1ccccc1[C@@H]2c1ccccc1.O=C1c2c(OCc3ccccc3)c(=O)ccn2N2CN1C[C@@H]1C[C@H]1COc1ccccc1[C@@H]2c1ccccc1. The summed E-state index contributed by atoms with van der Waals surface area (Å²) in [5.41, 5.74) is 4.40. The van der Waals surface area contributed by atoms with Gasteiger partial charge in [-0.2, -0.15) is 0 Å². The second-order valence-corrected chi connectivity index (χ2v) is 19.3. The number of nitrogens with zero attached hydrogens (tertiary/aromatic N) is 6. The van der Waals surface area contributed by atoms with Crippen LogP contribution in [0.5, 0.6) is 23.0 Å². The molecule has 6 aliphatic rings. The van der Waals surface area contributed by atoms with Crippen molar-refractivity contribution >= 4 is 11.8 Å². The maximum absolute atomic E-state index is 14.0. The summed E-state index contributed by atoms with van der Waals surface area (Å²) < 4.78 is 22.3. The fourth-order valence-electron chi connectivity index (χ4n) is 10.7. The molecule has 71 heavy (non-hydrogen) atoms. The maximum Gasteiger partial charge on any atom is 0.277 e. The molecule has 5 aromatic carbocycles. The third-order valence-corrected chi connectivity index (χ3v) is 14.7. The summed E-state index contributed by atoms with van der Waals surface area (Å²) in [5.74, 6) is 2.24. The number of aromatic nitrogens is 2. The van der Waals surface area contributed by atoms with Crippen LogP contribution in [0.15, 0.2) is 174 Å². The van der Waals surface area contributed by atoms with Crippen molar-refractivity contribution in [2.75, 3.05) is 49.7 Å². The monoisotopic (exact) mass is 948 g/mol. The van der Waals surface area contributed by atoms with Gasteiger partial charge in [0.15, 0.2) is 22.9 Å². The summed E-state index contributed by atoms with van der Waals surface area (Å²) >= 11 is 0. The predicted octanol–water partition coefficient (Wildman–Crippen LogP) is 7.32. The normalized spacial score (nSPS) is 22.6. The van der Waals surface area contributed by atoms with E-state index >= 15 is 0 Å². The lowest BCUT2D eigenvalue weighted by atomic mass is 9.97. The quantitative estimate of drug-likeness (QED) is 0.187. The number of hydrogen-bond acceptors (Lipinski definition) is 10. The summed E-state index contributed by atoms with van der Waals surface area (Å²) in [5, 5.41) is 14.8. The molecule has 2 saturated carbocycles. The molecule has 14 heteroatoms. The van der Waals surface area contributed by atoms with Gasteiger partial charge in [0.1, 0.15) is 43.5 Å². The van der Waals surface area contributed by atoms with Gasteiger partial charge in [0.2, 0.25) is 10.9 Å². The molecule has 2 fully saturated rings. The Hall–Kier alpha value is -8.26. The number of carbonyl (C=O) groups excluding carboxylic acids is 2. The third-order valence-electron chi connectivity index (χ3n) is 14.7. The number of benzene rings is 5. The molecule has 0 spiro atoms. The summed E-state index contributed by atoms with van der Waals surface area (Å²) in [6, 6.07) is 48.2. The van der Waals surface area contributed by atoms with Crippen LogP contribution in [-0.2, 0) is 6.61 Å². The van der Waals surface area contributed by atoms with Gasteiger partial charge in [-0.05, 0) is 65.3 Å². The molecule has 7 aromatic rings. The van der Waals surface area contributed by atoms with E-state index in [0.717, 1.165) is 52.2 Å². The smallest absolute Gasteiger partial charge is 0.277 e. The van der Waals surface area contributed by atoms with E-state index in [-0.39, 0.29) is 53.1 Å². The molecule has 2 aliphatic carbocycles. The van der Waals surface area contributed by atoms with E-state index < -0.39 is 11.2 Å². The van der Waals surface area contributed by atoms with Crippen LogP contribution in [0.25, 0.3) is 0 Å². The van der Waals surface area contributed by atoms with E-state index in [2.05, 4.69) is 23.2 Å². The molecule has 0 radical (unpaired) electrons. The van der Waals surface area contributed by atoms with Crippen LogP contribution in [0.4, 0.5) is 0 Å². The summed E-state index contributed by atoms with van der Waals surface area (Å²) in [4.78, 5) is 56.4. The lowest BCUT2D eigenvalue weighted by Gasteiger charge is -2.44. The fraction of sp³-hybridized carbons (Fsp3) is 0.263. The standard InChI is InChI=1S/C32H29N3O4.C25H23N3O4/c36-27-15-16-34-30(31(27)39-19-22-9-3-1-4-10-22)32(37)33-18-24-17-25(24)20-38-28-14-8-7-13-26(28)29(35(34)21-33)23-11-5-2-6-12-23;29-20-10-11-27-23(24(20)30)25(31)26-13-17-12-18(17)14-32-21-9-5-4-8-19(21)22(28(27)15-26)16-6-2-1-3-7-16/h1-16,24-25,29H,17-21H2;1-11,17-18,22,30H,12-15H2/t24-,25-,29-;17-,18-,22-/m00/s1. The topological polar surface area (TPSA) is 139 Å². The molecule has 14 nitrogen and oxygen atoms in total. The van der Waals surface area contributed by atoms with Crippen LogP contribution in [0.2, 0.25) is 0 Å². The molecular weight excluding hydrogens is 897 g/mol. The van der Waals surface area contributed by atoms with Gasteiger partial charge < -0.3 is 29.1 Å². The number of ether oxygens (including phenoxy) is 3. The van der Waals surface area contributed by atoms with Gasteiger partial charge in [0.05, 0.1) is 13.2 Å². The second kappa shape index (κ2) is 18.2. The molecule has 0 saturated heterocycles. The lowest BCUT2D eigenvalue weighted by molar-refractivity contribution is 0.0659. The largest absolute Gasteiger partial charge is 0.502 e. The highest BCUT2D eigenvalue weighted by molar-refractivity contribution is 5.97. The zero-order valence-corrected chi connectivity index (χ0v) is 38.9. The van der Waals surface area contributed by atoms with Crippen molar-refractivity contribution in [2.24, 2.45) is 23.7 Å². The Bertz CT molecular complexity index is 3260. The molecule has 6 atom stereocenters. The van der Waals surface area contributed by atoms with E-state index in [0.29, 0.717) is 63.3 Å². The Morgan fingerprint density at radius 3 is 1.49 bits per heavy atom. The number of pyridine rings is 2. The molecule has 13 rings (SSSR count). The molecule has 2 aromatic heterocycles. The van der Waals surface area contributed by atoms with Crippen LogP contribution in [0, 0.1) is 23.7 Å². The fourth-order valence-corrected chi connectivity index (χ4v) is 10.7. The van der Waals surface area contributed by atoms with Crippen molar-refractivity contribution in [1.29, 1.82) is 0 Å². The first-order valence-corrected chi connectivity index (χ1v) is 24.3. The molecular formula is C57H52N6O8. The highest BCUT2D eigenvalue weighted by Gasteiger charge is 2.46. The number of fused-ring (bicyclic) bond motifs is 12. The van der Waals surface area contributed by atoms with Crippen molar-refractivity contribution in [2.45, 2.75) is 31.5 Å². The highest BCUT2D eigenvalue weighted by Crippen LogP contribution is 2.45. The van der Waals surface area contributed by atoms with Gasteiger partial charge in [0, 0.05) is 48.7 Å². The Balaban J connectivity index is 0.000000149. The van der Waals surface area contributed by atoms with Crippen LogP contribution in [0.3, 0.4) is 0 Å². The van der Waals surface area contributed by atoms with Gasteiger partial charge >= 0.3 is 0 Å². The minimum absolute atomic E-state index is 0.0135. The van der Waals surface area contributed by atoms with Gasteiger partial charge in [-0.15, -0.1) is 0 Å². The van der Waals surface area contributed by atoms with E-state index in [9.17, 15) is 24.3 Å². The first kappa shape index (κ1) is 44.0. The average molecular weight is 949 g/mol. The molecule has 0 unspecified atom stereocenters. The van der Waals surface area contributed by atoms with Crippen molar-refractivity contribution < 1.29 is 28.9 Å². The molecule has 2 amide bonds. The number of para-hydroxylation sites is 2. The summed E-state index contributed by atoms with van der Waals surface area (Å²) in [6.07, 6.45) is 5.29. The predicted molar refractivity (Wildman–Crippen MR) is 266 cm³/mol. The molecule has 1 N–H and O–H groups in total. The molecule has 6 heterocycles. The summed E-state index contributed by atoms with van der Waals surface area (Å²) in [6.45, 7) is 3.34. The van der Waals surface area contributed by atoms with Crippen molar-refractivity contribution in [1.82, 2.24) is 19.2 Å². The minimum Gasteiger partial charge on any atom is -0.502 e. The van der Waals surface area contributed by atoms with Crippen molar-refractivity contribution in [3.8, 4) is 23.0 Å². The van der Waals surface area contributed by atoms with Crippen molar-refractivity contribution in [3.05, 3.63) is 224 Å². The number of amides is 2. The zero-order chi connectivity index (χ0) is 48.2. The Labute approximate surface area is 410 Å². The van der Waals surface area contributed by atoms with Crippen molar-refractivity contribution in [3.63, 3.8) is 0 Å². The first-order valence-electron chi connectivity index (χ1n) is 24.3. The van der Waals surface area contributed by atoms with E-state index in [1.165, 1.54) is 12.1 Å². The number of hydrogen-bond donors (Lipinski definition) is 1. The van der Waals surface area contributed by atoms with Gasteiger partial charge in [-0.25, -0.2) is 0 Å². The number of aromatic hydroxyl groups is 1. The van der Waals surface area contributed by atoms with Gasteiger partial charge in [-0.1, -0.05) is 127 Å². The molecule has 4 bridgehead atoms. The molecule has 358 valence electrons. The lowest BCUT2D eigenvalue weighted by Crippen LogP contribution is -2.56. The third kappa shape index (κ3) is 8.32.